The summed E-state index contributed by atoms with van der Waals surface area (Å²) in [6.45, 7) is 0.433. The second kappa shape index (κ2) is 10.5. The van der Waals surface area contributed by atoms with Crippen LogP contribution in [0.15, 0.2) is 85.2 Å². The van der Waals surface area contributed by atoms with Crippen molar-refractivity contribution >= 4 is 23.8 Å². The molecule has 1 N–H and O–H groups in total. The molecule has 0 saturated carbocycles. The monoisotopic (exact) mass is 443 g/mol. The number of β-lactam (4-membered cyclic amide) rings is 1. The van der Waals surface area contributed by atoms with Crippen LogP contribution in [-0.4, -0.2) is 36.7 Å². The largest absolute Gasteiger partial charge is 0.497 e. The number of amides is 2. The maximum absolute atomic E-state index is 11.9. The molecule has 2 fully saturated rings. The summed E-state index contributed by atoms with van der Waals surface area (Å²) in [6, 6.07) is 21.3. The van der Waals surface area contributed by atoms with Crippen LogP contribution in [0, 0.1) is 0 Å². The lowest BCUT2D eigenvalue weighted by molar-refractivity contribution is -0.123. The first-order valence-electron chi connectivity index (χ1n) is 10.7. The number of ether oxygens (including phenoxy) is 2. The van der Waals surface area contributed by atoms with Gasteiger partial charge in [0.25, 0.3) is 0 Å². The Bertz CT molecular complexity index is 1100. The van der Waals surface area contributed by atoms with E-state index in [0.29, 0.717) is 13.0 Å². The summed E-state index contributed by atoms with van der Waals surface area (Å²) >= 11 is 0. The Hall–Kier alpha value is -4.13. The number of aromatic nitrogens is 1. The lowest BCUT2D eigenvalue weighted by Gasteiger charge is -2.38. The predicted molar refractivity (Wildman–Crippen MR) is 126 cm³/mol. The van der Waals surface area contributed by atoms with Crippen molar-refractivity contribution in [2.24, 2.45) is 0 Å². The van der Waals surface area contributed by atoms with E-state index in [9.17, 15) is 9.59 Å². The number of methoxy groups -OCH3 is 1. The smallest absolute Gasteiger partial charge is 0.407 e. The van der Waals surface area contributed by atoms with Gasteiger partial charge >= 0.3 is 6.09 Å². The molecule has 3 heterocycles. The Morgan fingerprint density at radius 2 is 1.85 bits per heavy atom. The lowest BCUT2D eigenvalue weighted by Crippen LogP contribution is -2.51. The van der Waals surface area contributed by atoms with Crippen molar-refractivity contribution < 1.29 is 19.1 Å². The van der Waals surface area contributed by atoms with E-state index in [1.54, 1.807) is 24.4 Å². The molecule has 2 atom stereocenters. The maximum Gasteiger partial charge on any atom is 0.407 e. The molecule has 33 heavy (non-hydrogen) atoms. The number of nitrogens with one attached hydrogen (secondary N) is 1. The minimum atomic E-state index is -0.330. The minimum Gasteiger partial charge on any atom is -0.497 e. The van der Waals surface area contributed by atoms with Gasteiger partial charge in [0.1, 0.15) is 12.4 Å². The number of rotatable bonds is 5. The van der Waals surface area contributed by atoms with E-state index in [4.69, 9.17) is 9.47 Å². The summed E-state index contributed by atoms with van der Waals surface area (Å²) in [5, 5.41) is 2.71. The third kappa shape index (κ3) is 5.57. The van der Waals surface area contributed by atoms with Crippen LogP contribution in [-0.2, 0) is 9.53 Å². The molecular weight excluding hydrogens is 418 g/mol. The number of benzene rings is 2. The van der Waals surface area contributed by atoms with Gasteiger partial charge in [-0.05, 0) is 41.5 Å². The molecule has 2 aliphatic rings. The number of nitrogens with zero attached hydrogens (tertiary/aromatic N) is 2. The fraction of sp³-hybridized carbons (Fsp3) is 0.192. The number of pyridine rings is 1. The number of cyclic esters (lactones) is 1. The van der Waals surface area contributed by atoms with E-state index in [1.807, 2.05) is 78.9 Å². The first-order valence-corrected chi connectivity index (χ1v) is 10.7. The van der Waals surface area contributed by atoms with Crippen molar-refractivity contribution in [1.82, 2.24) is 10.3 Å². The van der Waals surface area contributed by atoms with Crippen molar-refractivity contribution in [3.8, 4) is 5.75 Å². The van der Waals surface area contributed by atoms with E-state index in [2.05, 4.69) is 10.3 Å². The molecule has 0 bridgehead atoms. The zero-order valence-corrected chi connectivity index (χ0v) is 18.3. The van der Waals surface area contributed by atoms with Crippen molar-refractivity contribution in [1.29, 1.82) is 0 Å². The molecule has 5 rings (SSSR count). The molecule has 7 nitrogen and oxygen atoms in total. The molecule has 1 aromatic heterocycles. The number of carbonyl (C=O) groups is 2. The van der Waals surface area contributed by atoms with Gasteiger partial charge in [-0.2, -0.15) is 0 Å². The van der Waals surface area contributed by atoms with E-state index in [0.717, 1.165) is 22.6 Å². The fourth-order valence-electron chi connectivity index (χ4n) is 3.62. The number of hydrogen-bond acceptors (Lipinski definition) is 5. The van der Waals surface area contributed by atoms with Crippen LogP contribution in [0.1, 0.15) is 23.6 Å². The Labute approximate surface area is 192 Å². The molecule has 7 heteroatoms. The van der Waals surface area contributed by atoms with Crippen LogP contribution in [0.2, 0.25) is 0 Å². The molecule has 2 aliphatic heterocycles. The van der Waals surface area contributed by atoms with Crippen molar-refractivity contribution in [3.63, 3.8) is 0 Å². The molecule has 2 amide bonds. The molecule has 3 aromatic rings. The topological polar surface area (TPSA) is 80.8 Å². The third-order valence-corrected chi connectivity index (χ3v) is 5.41. The molecule has 0 radical (unpaired) electrons. The lowest BCUT2D eigenvalue weighted by atomic mass is 9.99. The van der Waals surface area contributed by atoms with E-state index in [-0.39, 0.29) is 24.1 Å². The molecule has 0 spiro atoms. The zero-order chi connectivity index (χ0) is 23.0. The van der Waals surface area contributed by atoms with Crippen LogP contribution >= 0.6 is 0 Å². The van der Waals surface area contributed by atoms with Crippen LogP contribution < -0.4 is 15.0 Å². The average Bonchev–Trinajstić information content (AvgIpc) is 3.30. The SMILES string of the molecule is COc1ccc(N2C(=O)C[C@H]2/C=C/c2cccnc2)cc1.O=C1N[C@@H](c2ccccc2)CO1. The van der Waals surface area contributed by atoms with Gasteiger partial charge in [-0.3, -0.25) is 9.78 Å². The predicted octanol–water partition coefficient (Wildman–Crippen LogP) is 4.38. The summed E-state index contributed by atoms with van der Waals surface area (Å²) in [5.41, 5.74) is 3.02. The van der Waals surface area contributed by atoms with Gasteiger partial charge in [0, 0.05) is 18.1 Å². The van der Waals surface area contributed by atoms with E-state index >= 15 is 0 Å². The Balaban J connectivity index is 0.000000183. The van der Waals surface area contributed by atoms with E-state index in [1.165, 1.54) is 0 Å². The second-order valence-corrected chi connectivity index (χ2v) is 7.58. The zero-order valence-electron chi connectivity index (χ0n) is 18.3. The number of alkyl carbamates (subject to hydrolysis) is 1. The second-order valence-electron chi connectivity index (χ2n) is 7.58. The Kier molecular flexibility index (Phi) is 6.99. The van der Waals surface area contributed by atoms with Crippen LogP contribution in [0.4, 0.5) is 10.5 Å². The first kappa shape index (κ1) is 22.1. The molecule has 2 aromatic carbocycles. The van der Waals surface area contributed by atoms with Gasteiger partial charge in [-0.25, -0.2) is 4.79 Å². The third-order valence-electron chi connectivity index (χ3n) is 5.41. The average molecular weight is 444 g/mol. The fourth-order valence-corrected chi connectivity index (χ4v) is 3.62. The summed E-state index contributed by atoms with van der Waals surface area (Å²) in [7, 11) is 1.63. The van der Waals surface area contributed by atoms with Gasteiger partial charge in [-0.1, -0.05) is 48.6 Å². The Morgan fingerprint density at radius 1 is 1.06 bits per heavy atom. The molecule has 168 valence electrons. The number of hydrogen-bond donors (Lipinski definition) is 1. The van der Waals surface area contributed by atoms with Gasteiger partial charge in [0.15, 0.2) is 0 Å². The highest BCUT2D eigenvalue weighted by Crippen LogP contribution is 2.30. The maximum atomic E-state index is 11.9. The standard InChI is InChI=1S/C17H16N2O2.C9H9NO2/c1-21-16-8-6-14(7-9-16)19-15(11-17(19)20)5-4-13-3-2-10-18-12-13;11-9-10-8(6-12-9)7-4-2-1-3-5-7/h2-10,12,15H,11H2,1H3;1-5,8H,6H2,(H,10,11)/b5-4+;/t15-;8-/m11/s1. The van der Waals surface area contributed by atoms with Crippen molar-refractivity contribution in [2.75, 3.05) is 18.6 Å². The van der Waals surface area contributed by atoms with Crippen molar-refractivity contribution in [2.45, 2.75) is 18.5 Å². The van der Waals surface area contributed by atoms with Crippen LogP contribution in [0.5, 0.6) is 5.75 Å². The summed E-state index contributed by atoms with van der Waals surface area (Å²) < 4.78 is 9.91. The van der Waals surface area contributed by atoms with Crippen LogP contribution in [0.25, 0.3) is 6.08 Å². The minimum absolute atomic E-state index is 0.0266. The van der Waals surface area contributed by atoms with Gasteiger partial charge < -0.3 is 19.7 Å². The quantitative estimate of drug-likeness (QED) is 0.592. The number of anilines is 1. The highest BCUT2D eigenvalue weighted by Gasteiger charge is 2.35. The van der Waals surface area contributed by atoms with Gasteiger partial charge in [0.05, 0.1) is 25.6 Å². The van der Waals surface area contributed by atoms with Crippen LogP contribution in [0.3, 0.4) is 0 Å². The first-order chi connectivity index (χ1) is 16.1. The van der Waals surface area contributed by atoms with Gasteiger partial charge in [0.2, 0.25) is 5.91 Å². The van der Waals surface area contributed by atoms with Crippen molar-refractivity contribution in [3.05, 3.63) is 96.3 Å². The number of carbonyl (C=O) groups excluding carboxylic acids is 2. The normalized spacial score (nSPS) is 19.2. The van der Waals surface area contributed by atoms with Gasteiger partial charge in [-0.15, -0.1) is 0 Å². The highest BCUT2D eigenvalue weighted by molar-refractivity contribution is 6.01. The Morgan fingerprint density at radius 3 is 2.45 bits per heavy atom. The summed E-state index contributed by atoms with van der Waals surface area (Å²) in [5.74, 6) is 0.926. The van der Waals surface area contributed by atoms with E-state index < -0.39 is 0 Å². The summed E-state index contributed by atoms with van der Waals surface area (Å²) in [6.07, 6.45) is 7.80. The summed E-state index contributed by atoms with van der Waals surface area (Å²) in [4.78, 5) is 28.4. The molecule has 0 unspecified atom stereocenters. The highest BCUT2D eigenvalue weighted by atomic mass is 16.6. The molecule has 2 saturated heterocycles. The molecular formula is C26H25N3O4. The molecule has 0 aliphatic carbocycles.